The van der Waals surface area contributed by atoms with E-state index in [0.29, 0.717) is 0 Å². The van der Waals surface area contributed by atoms with Gasteiger partial charge in [0.2, 0.25) is 0 Å². The van der Waals surface area contributed by atoms with Crippen molar-refractivity contribution < 1.29 is 5.11 Å². The van der Waals surface area contributed by atoms with Crippen molar-refractivity contribution in [2.75, 3.05) is 13.2 Å². The summed E-state index contributed by atoms with van der Waals surface area (Å²) in [7, 11) is 0. The Morgan fingerprint density at radius 2 is 2.13 bits per heavy atom. The molecule has 0 unspecified atom stereocenters. The Balaban J connectivity index is 2.34. The minimum absolute atomic E-state index is 0.0734. The van der Waals surface area contributed by atoms with Crippen LogP contribution in [0.1, 0.15) is 32.3 Å². The Bertz CT molecular complexity index is 246. The minimum atomic E-state index is -0.0734. The first-order chi connectivity index (χ1) is 7.26. The summed E-state index contributed by atoms with van der Waals surface area (Å²) in [6.45, 7) is 5.41. The Morgan fingerprint density at radius 3 is 2.60 bits per heavy atom. The number of hydrogen-bond acceptors (Lipinski definition) is 3. The molecule has 86 valence electrons. The molecular weight excluding hydrogens is 206 g/mol. The quantitative estimate of drug-likeness (QED) is 0.750. The molecule has 15 heavy (non-hydrogen) atoms. The lowest BCUT2D eigenvalue weighted by atomic mass is 9.94. The van der Waals surface area contributed by atoms with Gasteiger partial charge in [0.25, 0.3) is 0 Å². The van der Waals surface area contributed by atoms with Crippen LogP contribution in [0.4, 0.5) is 0 Å². The largest absolute Gasteiger partial charge is 0.394 e. The maximum Gasteiger partial charge on any atom is 0.0613 e. The third kappa shape index (κ3) is 3.59. The lowest BCUT2D eigenvalue weighted by molar-refractivity contribution is 0.152. The van der Waals surface area contributed by atoms with Crippen LogP contribution in [-0.2, 0) is 6.42 Å². The number of aliphatic hydroxyl groups is 1. The Labute approximate surface area is 96.3 Å². The van der Waals surface area contributed by atoms with E-state index in [2.05, 4.69) is 36.0 Å². The molecule has 0 aliphatic heterocycles. The number of rotatable bonds is 7. The molecule has 0 aromatic carbocycles. The summed E-state index contributed by atoms with van der Waals surface area (Å²) in [5.41, 5.74) is 1.31. The van der Waals surface area contributed by atoms with Crippen molar-refractivity contribution in [3.8, 4) is 0 Å². The smallest absolute Gasteiger partial charge is 0.0613 e. The fourth-order valence-corrected chi connectivity index (χ4v) is 2.39. The molecule has 1 rings (SSSR count). The molecule has 1 aromatic rings. The van der Waals surface area contributed by atoms with Crippen LogP contribution in [0.15, 0.2) is 16.8 Å². The van der Waals surface area contributed by atoms with E-state index in [4.69, 9.17) is 0 Å². The highest BCUT2D eigenvalue weighted by atomic mass is 32.1. The molecule has 0 spiro atoms. The molecule has 0 saturated carbocycles. The molecule has 0 bridgehead atoms. The molecular formula is C12H21NOS. The first kappa shape index (κ1) is 12.7. The molecule has 0 aliphatic carbocycles. The van der Waals surface area contributed by atoms with Gasteiger partial charge in [0, 0.05) is 5.54 Å². The maximum absolute atomic E-state index is 9.37. The van der Waals surface area contributed by atoms with Crippen molar-refractivity contribution in [1.29, 1.82) is 0 Å². The average molecular weight is 227 g/mol. The van der Waals surface area contributed by atoms with Crippen molar-refractivity contribution in [1.82, 2.24) is 5.32 Å². The summed E-state index contributed by atoms with van der Waals surface area (Å²) in [6, 6.07) is 2.16. The monoisotopic (exact) mass is 227 g/mol. The first-order valence-corrected chi connectivity index (χ1v) is 6.57. The summed E-state index contributed by atoms with van der Waals surface area (Å²) >= 11 is 1.74. The lowest BCUT2D eigenvalue weighted by Crippen LogP contribution is -2.48. The van der Waals surface area contributed by atoms with E-state index in [1.807, 2.05) is 0 Å². The average Bonchev–Trinajstić information content (AvgIpc) is 2.78. The number of aliphatic hydroxyl groups excluding tert-OH is 1. The third-order valence-electron chi connectivity index (χ3n) is 3.15. The van der Waals surface area contributed by atoms with Crippen LogP contribution < -0.4 is 5.32 Å². The zero-order valence-corrected chi connectivity index (χ0v) is 10.4. The second-order valence-corrected chi connectivity index (χ2v) is 4.73. The van der Waals surface area contributed by atoms with E-state index in [9.17, 15) is 5.11 Å². The van der Waals surface area contributed by atoms with E-state index in [1.54, 1.807) is 11.3 Å². The normalized spacial score (nSPS) is 11.9. The molecule has 2 nitrogen and oxygen atoms in total. The van der Waals surface area contributed by atoms with Crippen molar-refractivity contribution in [2.24, 2.45) is 0 Å². The van der Waals surface area contributed by atoms with Gasteiger partial charge >= 0.3 is 0 Å². The van der Waals surface area contributed by atoms with Crippen LogP contribution >= 0.6 is 11.3 Å². The van der Waals surface area contributed by atoms with Crippen LogP contribution in [-0.4, -0.2) is 23.8 Å². The summed E-state index contributed by atoms with van der Waals surface area (Å²) in [4.78, 5) is 0. The molecule has 2 N–H and O–H groups in total. The minimum Gasteiger partial charge on any atom is -0.394 e. The van der Waals surface area contributed by atoms with Crippen molar-refractivity contribution >= 4 is 11.3 Å². The highest BCUT2D eigenvalue weighted by molar-refractivity contribution is 7.07. The van der Waals surface area contributed by atoms with Gasteiger partial charge in [-0.3, -0.25) is 0 Å². The summed E-state index contributed by atoms with van der Waals surface area (Å²) in [5.74, 6) is 0. The summed E-state index contributed by atoms with van der Waals surface area (Å²) in [5, 5.41) is 17.1. The molecule has 0 amide bonds. The topological polar surface area (TPSA) is 32.3 Å². The Hall–Kier alpha value is -0.380. The second kappa shape index (κ2) is 6.26. The fourth-order valence-electron chi connectivity index (χ4n) is 1.69. The highest BCUT2D eigenvalue weighted by Gasteiger charge is 2.23. The van der Waals surface area contributed by atoms with E-state index in [1.165, 1.54) is 5.56 Å². The molecule has 0 fully saturated rings. The first-order valence-electron chi connectivity index (χ1n) is 5.63. The molecule has 0 saturated heterocycles. The third-order valence-corrected chi connectivity index (χ3v) is 3.88. The van der Waals surface area contributed by atoms with Crippen LogP contribution in [0.2, 0.25) is 0 Å². The van der Waals surface area contributed by atoms with E-state index in [0.717, 1.165) is 25.8 Å². The van der Waals surface area contributed by atoms with Gasteiger partial charge in [0.1, 0.15) is 0 Å². The van der Waals surface area contributed by atoms with Crippen molar-refractivity contribution in [3.05, 3.63) is 22.4 Å². The van der Waals surface area contributed by atoms with Crippen LogP contribution in [0.25, 0.3) is 0 Å². The predicted octanol–water partition coefficient (Wildman–Crippen LogP) is 2.43. The summed E-state index contributed by atoms with van der Waals surface area (Å²) in [6.07, 6.45) is 3.00. The maximum atomic E-state index is 9.37. The molecule has 1 heterocycles. The molecule has 1 aromatic heterocycles. The van der Waals surface area contributed by atoms with E-state index >= 15 is 0 Å². The zero-order valence-electron chi connectivity index (χ0n) is 9.62. The molecule has 0 aliphatic rings. The van der Waals surface area contributed by atoms with Gasteiger partial charge < -0.3 is 10.4 Å². The molecule has 0 atom stereocenters. The number of hydrogen-bond donors (Lipinski definition) is 2. The number of thiophene rings is 1. The van der Waals surface area contributed by atoms with Gasteiger partial charge in [-0.1, -0.05) is 13.8 Å². The van der Waals surface area contributed by atoms with Gasteiger partial charge in [-0.15, -0.1) is 0 Å². The van der Waals surface area contributed by atoms with Crippen molar-refractivity contribution in [2.45, 2.75) is 38.6 Å². The SMILES string of the molecule is CCC(CC)(CO)NCCc1ccsc1. The van der Waals surface area contributed by atoms with Gasteiger partial charge in [0.15, 0.2) is 0 Å². The predicted molar refractivity (Wildman–Crippen MR) is 66.4 cm³/mol. The molecule has 3 heteroatoms. The fraction of sp³-hybridized carbons (Fsp3) is 0.667. The van der Waals surface area contributed by atoms with Crippen molar-refractivity contribution in [3.63, 3.8) is 0 Å². The molecule has 0 radical (unpaired) electrons. The highest BCUT2D eigenvalue weighted by Crippen LogP contribution is 2.14. The zero-order chi connectivity index (χ0) is 11.1. The van der Waals surface area contributed by atoms with Crippen LogP contribution in [0.5, 0.6) is 0 Å². The number of nitrogens with one attached hydrogen (secondary N) is 1. The lowest BCUT2D eigenvalue weighted by Gasteiger charge is -2.30. The van der Waals surface area contributed by atoms with Gasteiger partial charge in [-0.05, 0) is 48.2 Å². The van der Waals surface area contributed by atoms with Gasteiger partial charge in [-0.2, -0.15) is 11.3 Å². The van der Waals surface area contributed by atoms with E-state index < -0.39 is 0 Å². The Morgan fingerprint density at radius 1 is 1.40 bits per heavy atom. The Kier molecular flexibility index (Phi) is 5.29. The van der Waals surface area contributed by atoms with Crippen LogP contribution in [0, 0.1) is 0 Å². The van der Waals surface area contributed by atoms with E-state index in [-0.39, 0.29) is 12.1 Å². The van der Waals surface area contributed by atoms with Crippen LogP contribution in [0.3, 0.4) is 0 Å². The summed E-state index contributed by atoms with van der Waals surface area (Å²) < 4.78 is 0. The van der Waals surface area contributed by atoms with Gasteiger partial charge in [0.05, 0.1) is 6.61 Å². The second-order valence-electron chi connectivity index (χ2n) is 3.95. The van der Waals surface area contributed by atoms with Gasteiger partial charge in [-0.25, -0.2) is 0 Å². The standard InChI is InChI=1S/C12H21NOS/c1-3-12(4-2,10-14)13-7-5-11-6-8-15-9-11/h6,8-9,13-14H,3-5,7,10H2,1-2H3.